The first-order valence-electron chi connectivity index (χ1n) is 6.43. The Kier molecular flexibility index (Phi) is 2.52. The summed E-state index contributed by atoms with van der Waals surface area (Å²) in [6.07, 6.45) is 5.07. The normalized spacial score (nSPS) is 46.9. The number of fused-ring (bicyclic) bond motifs is 1. The Labute approximate surface area is 101 Å². The Morgan fingerprint density at radius 3 is 3.24 bits per heavy atom. The van der Waals surface area contributed by atoms with E-state index in [1.165, 1.54) is 0 Å². The van der Waals surface area contributed by atoms with E-state index in [1.807, 2.05) is 13.0 Å². The molecule has 3 aliphatic heterocycles. The third-order valence-electron chi connectivity index (χ3n) is 4.21. The minimum Gasteiger partial charge on any atom is -0.466 e. The van der Waals surface area contributed by atoms with Crippen LogP contribution >= 0.6 is 0 Å². The Hall–Kier alpha value is -0.870. The zero-order valence-corrected chi connectivity index (χ0v) is 10.3. The van der Waals surface area contributed by atoms with Gasteiger partial charge < -0.3 is 14.8 Å². The molecule has 17 heavy (non-hydrogen) atoms. The van der Waals surface area contributed by atoms with Crippen LogP contribution in [0.2, 0.25) is 0 Å². The highest BCUT2D eigenvalue weighted by Crippen LogP contribution is 2.51. The van der Waals surface area contributed by atoms with Crippen LogP contribution in [0.25, 0.3) is 0 Å². The Morgan fingerprint density at radius 2 is 2.47 bits per heavy atom. The zero-order chi connectivity index (χ0) is 12.0. The number of ether oxygens (including phenoxy) is 2. The molecule has 3 heterocycles. The fourth-order valence-corrected chi connectivity index (χ4v) is 3.51. The van der Waals surface area contributed by atoms with Crippen molar-refractivity contribution in [2.24, 2.45) is 11.8 Å². The maximum absolute atomic E-state index is 12.0. The van der Waals surface area contributed by atoms with E-state index in [1.54, 1.807) is 0 Å². The van der Waals surface area contributed by atoms with Gasteiger partial charge in [0.05, 0.1) is 24.2 Å². The summed E-state index contributed by atoms with van der Waals surface area (Å²) in [5.74, 6) is -0.00206. The standard InChI is InChI=1S/C13H19NO3/c1-3-16-12(15)11-9-7-14-8(2)6-13(9)5-4-10(11)17-13/h4-5,8-11,14H,3,6-7H2,1-2H3/t8-,9-,10-,11-,13-/m0/s1. The summed E-state index contributed by atoms with van der Waals surface area (Å²) in [5, 5.41) is 3.44. The van der Waals surface area contributed by atoms with Gasteiger partial charge >= 0.3 is 5.97 Å². The summed E-state index contributed by atoms with van der Waals surface area (Å²) in [6, 6.07) is 0.440. The molecule has 0 amide bonds. The maximum atomic E-state index is 12.0. The van der Waals surface area contributed by atoms with Crippen LogP contribution in [0, 0.1) is 11.8 Å². The molecule has 1 spiro atoms. The minimum atomic E-state index is -0.216. The molecule has 0 aliphatic carbocycles. The van der Waals surface area contributed by atoms with Crippen LogP contribution in [-0.2, 0) is 14.3 Å². The van der Waals surface area contributed by atoms with Crippen molar-refractivity contribution in [3.8, 4) is 0 Å². The first-order valence-corrected chi connectivity index (χ1v) is 6.43. The topological polar surface area (TPSA) is 47.6 Å². The quantitative estimate of drug-likeness (QED) is 0.572. The van der Waals surface area contributed by atoms with Crippen LogP contribution in [0.3, 0.4) is 0 Å². The van der Waals surface area contributed by atoms with Crippen molar-refractivity contribution < 1.29 is 14.3 Å². The smallest absolute Gasteiger partial charge is 0.312 e. The second kappa shape index (κ2) is 3.82. The predicted octanol–water partition coefficient (Wildman–Crippen LogP) is 0.871. The molecule has 0 saturated carbocycles. The third kappa shape index (κ3) is 1.54. The van der Waals surface area contributed by atoms with Gasteiger partial charge in [0.15, 0.2) is 0 Å². The summed E-state index contributed by atoms with van der Waals surface area (Å²) < 4.78 is 11.2. The van der Waals surface area contributed by atoms with E-state index < -0.39 is 0 Å². The van der Waals surface area contributed by atoms with Gasteiger partial charge in [-0.1, -0.05) is 12.2 Å². The molecule has 0 aromatic rings. The lowest BCUT2D eigenvalue weighted by atomic mass is 9.71. The number of rotatable bonds is 2. The number of piperidine rings is 1. The van der Waals surface area contributed by atoms with E-state index >= 15 is 0 Å². The molecule has 3 aliphatic rings. The molecule has 4 heteroatoms. The summed E-state index contributed by atoms with van der Waals surface area (Å²) in [5.41, 5.74) is -0.216. The van der Waals surface area contributed by atoms with Crippen molar-refractivity contribution in [1.29, 1.82) is 0 Å². The van der Waals surface area contributed by atoms with E-state index in [9.17, 15) is 4.79 Å². The molecule has 1 N–H and O–H groups in total. The predicted molar refractivity (Wildman–Crippen MR) is 62.4 cm³/mol. The Balaban J connectivity index is 1.85. The monoisotopic (exact) mass is 237 g/mol. The zero-order valence-electron chi connectivity index (χ0n) is 10.3. The van der Waals surface area contributed by atoms with Crippen LogP contribution in [0.1, 0.15) is 20.3 Å². The molecule has 2 fully saturated rings. The van der Waals surface area contributed by atoms with Gasteiger partial charge in [0.2, 0.25) is 0 Å². The largest absolute Gasteiger partial charge is 0.466 e. The highest BCUT2D eigenvalue weighted by Gasteiger charge is 2.60. The summed E-state index contributed by atoms with van der Waals surface area (Å²) in [6.45, 7) is 5.28. The number of esters is 1. The van der Waals surface area contributed by atoms with Gasteiger partial charge in [-0.05, 0) is 20.3 Å². The third-order valence-corrected chi connectivity index (χ3v) is 4.21. The van der Waals surface area contributed by atoms with Crippen LogP contribution in [0.4, 0.5) is 0 Å². The van der Waals surface area contributed by atoms with E-state index in [0.717, 1.165) is 13.0 Å². The summed E-state index contributed by atoms with van der Waals surface area (Å²) in [4.78, 5) is 12.0. The van der Waals surface area contributed by atoms with Crippen LogP contribution < -0.4 is 5.32 Å². The number of nitrogens with one attached hydrogen (secondary N) is 1. The molecule has 5 atom stereocenters. The molecule has 0 unspecified atom stereocenters. The Morgan fingerprint density at radius 1 is 1.65 bits per heavy atom. The molecule has 4 nitrogen and oxygen atoms in total. The first-order chi connectivity index (χ1) is 8.16. The Bertz CT molecular complexity index is 368. The van der Waals surface area contributed by atoms with E-state index in [4.69, 9.17) is 9.47 Å². The van der Waals surface area contributed by atoms with Crippen molar-refractivity contribution in [1.82, 2.24) is 5.32 Å². The van der Waals surface area contributed by atoms with Crippen molar-refractivity contribution in [2.75, 3.05) is 13.2 Å². The van der Waals surface area contributed by atoms with Gasteiger partial charge in [0.1, 0.15) is 0 Å². The highest BCUT2D eigenvalue weighted by atomic mass is 16.5. The SMILES string of the molecule is CCOC(=O)[C@@H]1[C@@H]2C=C[C@@]3(C[C@H](C)NC[C@@H]13)O2. The fraction of sp³-hybridized carbons (Fsp3) is 0.769. The molecular weight excluding hydrogens is 218 g/mol. The average molecular weight is 237 g/mol. The summed E-state index contributed by atoms with van der Waals surface area (Å²) >= 11 is 0. The lowest BCUT2D eigenvalue weighted by Gasteiger charge is -2.40. The first kappa shape index (κ1) is 11.2. The highest BCUT2D eigenvalue weighted by molar-refractivity contribution is 5.75. The van der Waals surface area contributed by atoms with Gasteiger partial charge in [0.25, 0.3) is 0 Å². The fourth-order valence-electron chi connectivity index (χ4n) is 3.51. The minimum absolute atomic E-state index is 0.0776. The number of carbonyl (C=O) groups excluding carboxylic acids is 1. The van der Waals surface area contributed by atoms with Gasteiger partial charge in [-0.25, -0.2) is 0 Å². The average Bonchev–Trinajstić information content (AvgIpc) is 2.81. The van der Waals surface area contributed by atoms with Gasteiger partial charge in [0, 0.05) is 18.5 Å². The molecule has 0 aromatic heterocycles. The molecule has 0 aromatic carbocycles. The number of hydrogen-bond acceptors (Lipinski definition) is 4. The van der Waals surface area contributed by atoms with Crippen molar-refractivity contribution in [3.63, 3.8) is 0 Å². The van der Waals surface area contributed by atoms with Crippen molar-refractivity contribution >= 4 is 5.97 Å². The van der Waals surface area contributed by atoms with Crippen LogP contribution in [-0.4, -0.2) is 36.9 Å². The van der Waals surface area contributed by atoms with Crippen LogP contribution in [0.15, 0.2) is 12.2 Å². The van der Waals surface area contributed by atoms with E-state index in [2.05, 4.69) is 18.3 Å². The van der Waals surface area contributed by atoms with Gasteiger partial charge in [-0.2, -0.15) is 0 Å². The maximum Gasteiger partial charge on any atom is 0.312 e. The number of carbonyl (C=O) groups is 1. The van der Waals surface area contributed by atoms with Crippen molar-refractivity contribution in [3.05, 3.63) is 12.2 Å². The van der Waals surface area contributed by atoms with Crippen LogP contribution in [0.5, 0.6) is 0 Å². The molecule has 2 saturated heterocycles. The second-order valence-electron chi connectivity index (χ2n) is 5.29. The lowest BCUT2D eigenvalue weighted by Crippen LogP contribution is -2.53. The van der Waals surface area contributed by atoms with Crippen molar-refractivity contribution in [2.45, 2.75) is 38.0 Å². The lowest BCUT2D eigenvalue weighted by molar-refractivity contribution is -0.150. The summed E-state index contributed by atoms with van der Waals surface area (Å²) in [7, 11) is 0. The molecular formula is C13H19NO3. The van der Waals surface area contributed by atoms with E-state index in [0.29, 0.717) is 12.6 Å². The number of hydrogen-bond donors (Lipinski definition) is 1. The van der Waals surface area contributed by atoms with E-state index in [-0.39, 0.29) is 29.5 Å². The van der Waals surface area contributed by atoms with Gasteiger partial charge in [-0.3, -0.25) is 4.79 Å². The van der Waals surface area contributed by atoms with Gasteiger partial charge in [-0.15, -0.1) is 0 Å². The second-order valence-corrected chi connectivity index (χ2v) is 5.29. The molecule has 2 bridgehead atoms. The molecule has 0 radical (unpaired) electrons. The molecule has 3 rings (SSSR count). The molecule has 94 valence electrons.